The number of hydrogen-bond acceptors (Lipinski definition) is 4. The number of ketones is 1. The van der Waals surface area contributed by atoms with Crippen molar-refractivity contribution in [3.63, 3.8) is 0 Å². The van der Waals surface area contributed by atoms with E-state index >= 15 is 0 Å². The number of nitrogens with zero attached hydrogens (tertiary/aromatic N) is 1. The molecule has 0 saturated heterocycles. The molecule has 136 valence electrons. The number of rotatable bonds is 13. The second kappa shape index (κ2) is 11.8. The van der Waals surface area contributed by atoms with Gasteiger partial charge in [0.25, 0.3) is 0 Å². The molecule has 0 aliphatic heterocycles. The molecule has 1 aromatic carbocycles. The molecule has 0 fully saturated rings. The molecule has 0 spiro atoms. The Kier molecular flexibility index (Phi) is 9.27. The summed E-state index contributed by atoms with van der Waals surface area (Å²) in [5.74, 6) is 1.02. The van der Waals surface area contributed by atoms with Crippen LogP contribution in [0, 0.1) is 0 Å². The van der Waals surface area contributed by atoms with Crippen LogP contribution in [0.4, 0.5) is 0 Å². The highest BCUT2D eigenvalue weighted by molar-refractivity contribution is 7.09. The maximum atomic E-state index is 11.9. The molecule has 0 bridgehead atoms. The fourth-order valence-corrected chi connectivity index (χ4v) is 3.39. The highest BCUT2D eigenvalue weighted by atomic mass is 32.1. The topological polar surface area (TPSA) is 39.2 Å². The lowest BCUT2D eigenvalue weighted by Crippen LogP contribution is -2.08. The maximum Gasteiger partial charge on any atom is 0.143 e. The highest BCUT2D eigenvalue weighted by Gasteiger charge is 2.06. The third-order valence-corrected chi connectivity index (χ3v) is 5.00. The molecule has 0 aliphatic rings. The normalized spacial score (nSPS) is 10.8. The predicted molar refractivity (Wildman–Crippen MR) is 104 cm³/mol. The molecule has 2 rings (SSSR count). The van der Waals surface area contributed by atoms with Gasteiger partial charge in [0.15, 0.2) is 0 Å². The summed E-state index contributed by atoms with van der Waals surface area (Å²) in [5.41, 5.74) is 1.36. The Balaban J connectivity index is 1.59. The van der Waals surface area contributed by atoms with E-state index < -0.39 is 0 Å². The van der Waals surface area contributed by atoms with Gasteiger partial charge in [-0.15, -0.1) is 11.3 Å². The molecular formula is C21H29NO2S. The Bertz CT molecular complexity index is 593. The molecule has 2 aromatic rings. The number of hydrogen-bond donors (Lipinski definition) is 0. The van der Waals surface area contributed by atoms with Crippen molar-refractivity contribution in [2.24, 2.45) is 0 Å². The first-order valence-corrected chi connectivity index (χ1v) is 10.3. The van der Waals surface area contributed by atoms with Crippen molar-refractivity contribution in [3.05, 3.63) is 46.4 Å². The van der Waals surface area contributed by atoms with Crippen LogP contribution in [0.25, 0.3) is 0 Å². The molecule has 0 amide bonds. The van der Waals surface area contributed by atoms with Crippen molar-refractivity contribution >= 4 is 17.1 Å². The molecule has 1 aromatic heterocycles. The summed E-state index contributed by atoms with van der Waals surface area (Å²) >= 11 is 1.52. The summed E-state index contributed by atoms with van der Waals surface area (Å²) in [7, 11) is 0. The predicted octanol–water partition coefficient (Wildman–Crippen LogP) is 5.63. The van der Waals surface area contributed by atoms with Crippen LogP contribution >= 0.6 is 11.3 Å². The second-order valence-electron chi connectivity index (χ2n) is 6.40. The van der Waals surface area contributed by atoms with Crippen LogP contribution in [0.2, 0.25) is 0 Å². The Morgan fingerprint density at radius 1 is 1.08 bits per heavy atom. The summed E-state index contributed by atoms with van der Waals surface area (Å²) in [4.78, 5) is 16.0. The van der Waals surface area contributed by atoms with E-state index in [2.05, 4.69) is 24.0 Å². The van der Waals surface area contributed by atoms with Crippen LogP contribution in [0.5, 0.6) is 5.75 Å². The molecule has 0 N–H and O–H groups in total. The standard InChI is InChI=1S/C21H29NO2S/c1-2-3-4-5-6-7-8-18-9-11-20(12-10-18)24-15-13-19(23)17-21-22-14-16-25-21/h9-12,14,16H,2-8,13,15,17H2,1H3. The first-order chi connectivity index (χ1) is 12.3. The first-order valence-electron chi connectivity index (χ1n) is 9.39. The molecule has 0 radical (unpaired) electrons. The van der Waals surface area contributed by atoms with Gasteiger partial charge in [0, 0.05) is 18.0 Å². The van der Waals surface area contributed by atoms with Crippen molar-refractivity contribution in [2.45, 2.75) is 64.7 Å². The van der Waals surface area contributed by atoms with Gasteiger partial charge in [-0.05, 0) is 30.5 Å². The average Bonchev–Trinajstić information content (AvgIpc) is 3.12. The van der Waals surface area contributed by atoms with Crippen LogP contribution < -0.4 is 4.74 Å². The van der Waals surface area contributed by atoms with Crippen LogP contribution in [-0.2, 0) is 17.6 Å². The Morgan fingerprint density at radius 3 is 2.56 bits per heavy atom. The molecule has 0 atom stereocenters. The van der Waals surface area contributed by atoms with Crippen molar-refractivity contribution in [3.8, 4) is 5.75 Å². The van der Waals surface area contributed by atoms with Crippen LogP contribution in [0.3, 0.4) is 0 Å². The van der Waals surface area contributed by atoms with Crippen molar-refractivity contribution < 1.29 is 9.53 Å². The number of aryl methyl sites for hydroxylation is 1. The zero-order valence-electron chi connectivity index (χ0n) is 15.2. The monoisotopic (exact) mass is 359 g/mol. The zero-order chi connectivity index (χ0) is 17.7. The minimum Gasteiger partial charge on any atom is -0.493 e. The van der Waals surface area contributed by atoms with E-state index in [0.717, 1.165) is 17.2 Å². The summed E-state index contributed by atoms with van der Waals surface area (Å²) in [5, 5.41) is 2.77. The number of thiazole rings is 1. The van der Waals surface area contributed by atoms with Gasteiger partial charge in [0.2, 0.25) is 0 Å². The van der Waals surface area contributed by atoms with Gasteiger partial charge in [-0.3, -0.25) is 4.79 Å². The number of carbonyl (C=O) groups is 1. The lowest BCUT2D eigenvalue weighted by molar-refractivity contribution is -0.118. The minimum atomic E-state index is 0.176. The lowest BCUT2D eigenvalue weighted by atomic mass is 10.0. The van der Waals surface area contributed by atoms with Crippen molar-refractivity contribution in [1.29, 1.82) is 0 Å². The van der Waals surface area contributed by atoms with Crippen LogP contribution in [0.15, 0.2) is 35.8 Å². The maximum absolute atomic E-state index is 11.9. The van der Waals surface area contributed by atoms with Gasteiger partial charge in [-0.1, -0.05) is 51.2 Å². The molecule has 1 heterocycles. The summed E-state index contributed by atoms with van der Waals surface area (Å²) in [6.45, 7) is 2.68. The third-order valence-electron chi connectivity index (χ3n) is 4.22. The summed E-state index contributed by atoms with van der Waals surface area (Å²) in [6.07, 6.45) is 11.7. The van der Waals surface area contributed by atoms with Gasteiger partial charge in [-0.2, -0.15) is 0 Å². The van der Waals surface area contributed by atoms with Gasteiger partial charge < -0.3 is 4.74 Å². The Morgan fingerprint density at radius 2 is 1.84 bits per heavy atom. The fraction of sp³-hybridized carbons (Fsp3) is 0.524. The Hall–Kier alpha value is -1.68. The van der Waals surface area contributed by atoms with Gasteiger partial charge >= 0.3 is 0 Å². The van der Waals surface area contributed by atoms with Crippen molar-refractivity contribution in [1.82, 2.24) is 4.98 Å². The average molecular weight is 360 g/mol. The summed E-state index contributed by atoms with van der Waals surface area (Å²) < 4.78 is 5.68. The second-order valence-corrected chi connectivity index (χ2v) is 7.38. The number of unbranched alkanes of at least 4 members (excludes halogenated alkanes) is 5. The van der Waals surface area contributed by atoms with E-state index in [1.54, 1.807) is 6.20 Å². The fourth-order valence-electron chi connectivity index (χ4n) is 2.74. The molecule has 0 aliphatic carbocycles. The molecular weight excluding hydrogens is 330 g/mol. The third kappa shape index (κ3) is 8.30. The molecule has 25 heavy (non-hydrogen) atoms. The van der Waals surface area contributed by atoms with Gasteiger partial charge in [-0.25, -0.2) is 4.98 Å². The van der Waals surface area contributed by atoms with Gasteiger partial charge in [0.05, 0.1) is 18.0 Å². The van der Waals surface area contributed by atoms with E-state index in [0.29, 0.717) is 19.4 Å². The largest absolute Gasteiger partial charge is 0.493 e. The number of ether oxygens (including phenoxy) is 1. The van der Waals surface area contributed by atoms with E-state index in [1.165, 1.54) is 55.4 Å². The van der Waals surface area contributed by atoms with E-state index in [-0.39, 0.29) is 5.78 Å². The number of benzene rings is 1. The first kappa shape index (κ1) is 19.6. The number of Topliss-reactive ketones (excluding diaryl/α,β-unsaturated/α-hetero) is 1. The SMILES string of the molecule is CCCCCCCCc1ccc(OCCC(=O)Cc2nccs2)cc1. The van der Waals surface area contributed by atoms with E-state index in [4.69, 9.17) is 4.74 Å². The van der Waals surface area contributed by atoms with E-state index in [1.807, 2.05) is 17.5 Å². The smallest absolute Gasteiger partial charge is 0.143 e. The quantitative estimate of drug-likeness (QED) is 0.435. The Labute approximate surface area is 155 Å². The number of carbonyl (C=O) groups excluding carboxylic acids is 1. The highest BCUT2D eigenvalue weighted by Crippen LogP contribution is 2.15. The lowest BCUT2D eigenvalue weighted by Gasteiger charge is -2.07. The van der Waals surface area contributed by atoms with Crippen molar-refractivity contribution in [2.75, 3.05) is 6.61 Å². The molecule has 0 unspecified atom stereocenters. The molecule has 0 saturated carbocycles. The zero-order valence-corrected chi connectivity index (χ0v) is 16.0. The van der Waals surface area contributed by atoms with E-state index in [9.17, 15) is 4.79 Å². The van der Waals surface area contributed by atoms with Crippen LogP contribution in [0.1, 0.15) is 62.4 Å². The van der Waals surface area contributed by atoms with Crippen LogP contribution in [-0.4, -0.2) is 17.4 Å². The molecule has 4 heteroatoms. The van der Waals surface area contributed by atoms with Gasteiger partial charge in [0.1, 0.15) is 11.5 Å². The number of aromatic nitrogens is 1. The minimum absolute atomic E-state index is 0.176. The molecule has 3 nitrogen and oxygen atoms in total. The summed E-state index contributed by atoms with van der Waals surface area (Å²) in [6, 6.07) is 8.30.